The Hall–Kier alpha value is -2.99. The van der Waals surface area contributed by atoms with Crippen LogP contribution in [0.25, 0.3) is 20.9 Å². The van der Waals surface area contributed by atoms with Crippen LogP contribution in [0.1, 0.15) is 21.1 Å². The second-order valence-corrected chi connectivity index (χ2v) is 8.37. The van der Waals surface area contributed by atoms with Gasteiger partial charge < -0.3 is 14.2 Å². The molecule has 0 saturated heterocycles. The van der Waals surface area contributed by atoms with E-state index in [2.05, 4.69) is 15.1 Å². The standard InChI is InChI=1S/C18H13F3N4O3S2/c1-25(2)17-23-15-11(30-17)7-12(29-15)16(26)27-8-13-22-14(24-28-13)9-3-5-10(6-4-9)18(19,20)21/h3-7H,8H2,1-2H3. The Morgan fingerprint density at radius 2 is 1.90 bits per heavy atom. The van der Waals surface area contributed by atoms with E-state index < -0.39 is 17.7 Å². The minimum absolute atomic E-state index is 0.0321. The molecular weight excluding hydrogens is 441 g/mol. The maximum absolute atomic E-state index is 12.6. The summed E-state index contributed by atoms with van der Waals surface area (Å²) in [6.07, 6.45) is -4.42. The van der Waals surface area contributed by atoms with Gasteiger partial charge in [-0.1, -0.05) is 28.6 Å². The minimum Gasteiger partial charge on any atom is -0.451 e. The van der Waals surface area contributed by atoms with E-state index in [-0.39, 0.29) is 18.3 Å². The smallest absolute Gasteiger partial charge is 0.416 e. The van der Waals surface area contributed by atoms with Crippen LogP contribution in [0.5, 0.6) is 0 Å². The van der Waals surface area contributed by atoms with E-state index in [4.69, 9.17) is 9.26 Å². The Labute approximate surface area is 175 Å². The number of aromatic nitrogens is 3. The second-order valence-electron chi connectivity index (χ2n) is 6.33. The predicted molar refractivity (Wildman–Crippen MR) is 106 cm³/mol. The van der Waals surface area contributed by atoms with Gasteiger partial charge in [-0.05, 0) is 18.2 Å². The molecule has 0 atom stereocenters. The molecule has 4 aromatic rings. The molecule has 0 aliphatic carbocycles. The summed E-state index contributed by atoms with van der Waals surface area (Å²) in [5, 5.41) is 4.56. The predicted octanol–water partition coefficient (Wildman–Crippen LogP) is 4.85. The van der Waals surface area contributed by atoms with E-state index in [1.54, 1.807) is 6.07 Å². The summed E-state index contributed by atoms with van der Waals surface area (Å²) in [7, 11) is 3.78. The molecule has 4 rings (SSSR count). The van der Waals surface area contributed by atoms with Crippen molar-refractivity contribution in [2.75, 3.05) is 19.0 Å². The molecule has 3 heterocycles. The summed E-state index contributed by atoms with van der Waals surface area (Å²) >= 11 is 2.69. The van der Waals surface area contributed by atoms with E-state index in [0.717, 1.165) is 26.8 Å². The molecule has 0 unspecified atom stereocenters. The van der Waals surface area contributed by atoms with Crippen molar-refractivity contribution in [1.82, 2.24) is 15.1 Å². The molecule has 0 N–H and O–H groups in total. The largest absolute Gasteiger partial charge is 0.451 e. The summed E-state index contributed by atoms with van der Waals surface area (Å²) in [4.78, 5) is 23.8. The van der Waals surface area contributed by atoms with E-state index in [1.807, 2.05) is 19.0 Å². The molecule has 156 valence electrons. The van der Waals surface area contributed by atoms with Gasteiger partial charge in [0.2, 0.25) is 5.82 Å². The molecule has 12 heteroatoms. The van der Waals surface area contributed by atoms with Crippen molar-refractivity contribution in [2.24, 2.45) is 0 Å². The van der Waals surface area contributed by atoms with Crippen molar-refractivity contribution in [3.05, 3.63) is 46.7 Å². The normalized spacial score (nSPS) is 11.8. The molecule has 3 aromatic heterocycles. The summed E-state index contributed by atoms with van der Waals surface area (Å²) < 4.78 is 49.0. The number of thiophene rings is 1. The van der Waals surface area contributed by atoms with Gasteiger partial charge >= 0.3 is 12.1 Å². The molecule has 0 aliphatic heterocycles. The zero-order valence-electron chi connectivity index (χ0n) is 15.6. The first-order valence-corrected chi connectivity index (χ1v) is 10.1. The number of fused-ring (bicyclic) bond motifs is 1. The SMILES string of the molecule is CN(C)c1nc2sc(C(=O)OCc3nc(-c4ccc(C(F)(F)F)cc4)no3)cc2s1. The van der Waals surface area contributed by atoms with Crippen LogP contribution in [0.2, 0.25) is 0 Å². The van der Waals surface area contributed by atoms with E-state index in [0.29, 0.717) is 10.4 Å². The average molecular weight is 454 g/mol. The van der Waals surface area contributed by atoms with Crippen LogP contribution >= 0.6 is 22.7 Å². The molecular formula is C18H13F3N4O3S2. The van der Waals surface area contributed by atoms with Gasteiger partial charge in [-0.15, -0.1) is 11.3 Å². The van der Waals surface area contributed by atoms with E-state index >= 15 is 0 Å². The molecule has 7 nitrogen and oxygen atoms in total. The number of ether oxygens (including phenoxy) is 1. The topological polar surface area (TPSA) is 81.4 Å². The summed E-state index contributed by atoms with van der Waals surface area (Å²) in [6, 6.07) is 6.08. The highest BCUT2D eigenvalue weighted by Crippen LogP contribution is 2.34. The van der Waals surface area contributed by atoms with Crippen molar-refractivity contribution in [2.45, 2.75) is 12.8 Å². The number of benzene rings is 1. The number of alkyl halides is 3. The highest BCUT2D eigenvalue weighted by atomic mass is 32.1. The Morgan fingerprint density at radius 3 is 2.53 bits per heavy atom. The lowest BCUT2D eigenvalue weighted by Gasteiger charge is -2.05. The Balaban J connectivity index is 1.40. The summed E-state index contributed by atoms with van der Waals surface area (Å²) in [5.74, 6) is -0.414. The quantitative estimate of drug-likeness (QED) is 0.399. The fourth-order valence-corrected chi connectivity index (χ4v) is 4.48. The number of carbonyl (C=O) groups excluding carboxylic acids is 1. The third-order valence-corrected chi connectivity index (χ3v) is 6.24. The van der Waals surface area contributed by atoms with Crippen LogP contribution in [0.3, 0.4) is 0 Å². The molecule has 1 aromatic carbocycles. The molecule has 30 heavy (non-hydrogen) atoms. The van der Waals surface area contributed by atoms with Gasteiger partial charge in [0, 0.05) is 19.7 Å². The average Bonchev–Trinajstić information content (AvgIpc) is 3.40. The number of rotatable bonds is 5. The van der Waals surface area contributed by atoms with Crippen molar-refractivity contribution in [1.29, 1.82) is 0 Å². The lowest BCUT2D eigenvalue weighted by Crippen LogP contribution is -2.07. The third kappa shape index (κ3) is 4.14. The monoisotopic (exact) mass is 454 g/mol. The van der Waals surface area contributed by atoms with Gasteiger partial charge in [0.1, 0.15) is 9.71 Å². The van der Waals surface area contributed by atoms with Crippen LogP contribution < -0.4 is 4.90 Å². The van der Waals surface area contributed by atoms with Crippen LogP contribution in [0.15, 0.2) is 34.9 Å². The van der Waals surface area contributed by atoms with Crippen molar-refractivity contribution in [3.8, 4) is 11.4 Å². The van der Waals surface area contributed by atoms with E-state index in [1.165, 1.54) is 34.8 Å². The zero-order valence-corrected chi connectivity index (χ0v) is 17.2. The first kappa shape index (κ1) is 20.3. The van der Waals surface area contributed by atoms with Gasteiger partial charge in [-0.2, -0.15) is 18.2 Å². The van der Waals surface area contributed by atoms with Crippen molar-refractivity contribution < 1.29 is 27.2 Å². The van der Waals surface area contributed by atoms with Gasteiger partial charge in [0.15, 0.2) is 11.7 Å². The van der Waals surface area contributed by atoms with Gasteiger partial charge in [0.25, 0.3) is 5.89 Å². The number of halogens is 3. The summed E-state index contributed by atoms with van der Waals surface area (Å²) in [6.45, 7) is -0.256. The Kier molecular flexibility index (Phi) is 5.20. The maximum Gasteiger partial charge on any atom is 0.416 e. The minimum atomic E-state index is -4.42. The van der Waals surface area contributed by atoms with Crippen LogP contribution in [-0.2, 0) is 17.5 Å². The first-order chi connectivity index (χ1) is 14.2. The number of anilines is 1. The Morgan fingerprint density at radius 1 is 1.17 bits per heavy atom. The number of nitrogens with zero attached hydrogens (tertiary/aromatic N) is 4. The lowest BCUT2D eigenvalue weighted by atomic mass is 10.1. The molecule has 0 radical (unpaired) electrons. The Bertz CT molecular complexity index is 1160. The lowest BCUT2D eigenvalue weighted by molar-refractivity contribution is -0.137. The third-order valence-electron chi connectivity index (χ3n) is 3.93. The molecule has 0 aliphatic rings. The first-order valence-electron chi connectivity index (χ1n) is 8.46. The van der Waals surface area contributed by atoms with Gasteiger partial charge in [-0.25, -0.2) is 9.78 Å². The molecule has 0 saturated carbocycles. The molecule has 0 bridgehead atoms. The number of hydrogen-bond donors (Lipinski definition) is 0. The van der Waals surface area contributed by atoms with Crippen LogP contribution in [0, 0.1) is 0 Å². The number of esters is 1. The van der Waals surface area contributed by atoms with Crippen LogP contribution in [0.4, 0.5) is 18.3 Å². The van der Waals surface area contributed by atoms with Gasteiger partial charge in [0.05, 0.1) is 10.3 Å². The molecule has 0 amide bonds. The number of carbonyl (C=O) groups is 1. The summed E-state index contributed by atoms with van der Waals surface area (Å²) in [5.41, 5.74) is -0.419. The number of thiazole rings is 1. The zero-order chi connectivity index (χ0) is 21.5. The van der Waals surface area contributed by atoms with Crippen molar-refractivity contribution in [3.63, 3.8) is 0 Å². The molecule has 0 fully saturated rings. The maximum atomic E-state index is 12.6. The number of hydrogen-bond acceptors (Lipinski definition) is 9. The second kappa shape index (κ2) is 7.69. The van der Waals surface area contributed by atoms with Crippen molar-refractivity contribution >= 4 is 43.3 Å². The molecule has 0 spiro atoms. The van der Waals surface area contributed by atoms with Crippen LogP contribution in [-0.4, -0.2) is 35.2 Å². The highest BCUT2D eigenvalue weighted by Gasteiger charge is 2.30. The van der Waals surface area contributed by atoms with E-state index in [9.17, 15) is 18.0 Å². The highest BCUT2D eigenvalue weighted by molar-refractivity contribution is 7.29. The van der Waals surface area contributed by atoms with Gasteiger partial charge in [-0.3, -0.25) is 0 Å². The fourth-order valence-electron chi connectivity index (χ4n) is 2.45. The fraction of sp³-hybridized carbons (Fsp3) is 0.222.